The van der Waals surface area contributed by atoms with Crippen LogP contribution in [0.3, 0.4) is 0 Å². The van der Waals surface area contributed by atoms with Gasteiger partial charge in [-0.25, -0.2) is 4.79 Å². The van der Waals surface area contributed by atoms with E-state index in [1.165, 1.54) is 24.4 Å². The van der Waals surface area contributed by atoms with Crippen LogP contribution >= 0.6 is 0 Å². The van der Waals surface area contributed by atoms with Gasteiger partial charge in [0.25, 0.3) is 5.91 Å². The lowest BCUT2D eigenvalue weighted by Crippen LogP contribution is -2.15. The first-order chi connectivity index (χ1) is 9.08. The molecule has 0 fully saturated rings. The maximum Gasteiger partial charge on any atom is 0.337 e. The van der Waals surface area contributed by atoms with Gasteiger partial charge in [-0.2, -0.15) is 0 Å². The van der Waals surface area contributed by atoms with Crippen molar-refractivity contribution in [3.8, 4) is 5.75 Å². The summed E-state index contributed by atoms with van der Waals surface area (Å²) in [5.41, 5.74) is 0.0807. The number of phenols is 1. The Balaban J connectivity index is 2.29. The zero-order valence-corrected chi connectivity index (χ0v) is 9.70. The number of carbonyl (C=O) groups excluding carboxylic acids is 1. The van der Waals surface area contributed by atoms with Gasteiger partial charge in [0, 0.05) is 6.20 Å². The second-order valence-corrected chi connectivity index (χ2v) is 3.70. The normalized spacial score (nSPS) is 9.89. The minimum atomic E-state index is -1.24. The molecule has 1 heterocycles. The Labute approximate surface area is 108 Å². The number of hydrogen-bond donors (Lipinski definition) is 3. The van der Waals surface area contributed by atoms with Crippen molar-refractivity contribution in [1.82, 2.24) is 4.98 Å². The average molecular weight is 258 g/mol. The Morgan fingerprint density at radius 1 is 1.16 bits per heavy atom. The van der Waals surface area contributed by atoms with Crippen LogP contribution in [0, 0.1) is 0 Å². The van der Waals surface area contributed by atoms with Gasteiger partial charge in [-0.15, -0.1) is 0 Å². The van der Waals surface area contributed by atoms with Crippen LogP contribution in [0.25, 0.3) is 0 Å². The largest absolute Gasteiger partial charge is 0.508 e. The Kier molecular flexibility index (Phi) is 3.42. The highest BCUT2D eigenvalue weighted by Gasteiger charge is 2.14. The first-order valence-electron chi connectivity index (χ1n) is 5.36. The van der Waals surface area contributed by atoms with E-state index in [1.807, 2.05) is 0 Å². The highest BCUT2D eigenvalue weighted by atomic mass is 16.4. The smallest absolute Gasteiger partial charge is 0.337 e. The number of hydrogen-bond acceptors (Lipinski definition) is 4. The number of rotatable bonds is 3. The molecule has 3 N–H and O–H groups in total. The molecule has 96 valence electrons. The van der Waals surface area contributed by atoms with E-state index in [-0.39, 0.29) is 22.7 Å². The van der Waals surface area contributed by atoms with Gasteiger partial charge in [-0.05, 0) is 30.3 Å². The average Bonchev–Trinajstić information content (AvgIpc) is 2.41. The predicted octanol–water partition coefficient (Wildman–Crippen LogP) is 1.74. The Hall–Kier alpha value is -2.89. The van der Waals surface area contributed by atoms with Crippen molar-refractivity contribution in [2.75, 3.05) is 5.32 Å². The standard InChI is InChI=1S/C13H10N2O4/c16-8-4-5-10(9(7-8)13(18)19)15-12(17)11-3-1-2-6-14-11/h1-7,16H,(H,15,17)(H,18,19). The number of carboxylic acids is 1. The molecule has 0 atom stereocenters. The van der Waals surface area contributed by atoms with E-state index in [0.29, 0.717) is 0 Å². The van der Waals surface area contributed by atoms with E-state index >= 15 is 0 Å². The molecule has 0 radical (unpaired) electrons. The maximum atomic E-state index is 11.8. The lowest BCUT2D eigenvalue weighted by Gasteiger charge is -2.08. The summed E-state index contributed by atoms with van der Waals surface area (Å²) >= 11 is 0. The molecular formula is C13H10N2O4. The number of carboxylic acid groups (broad SMARTS) is 1. The number of aromatic nitrogens is 1. The van der Waals surface area contributed by atoms with Gasteiger partial charge in [0.15, 0.2) is 0 Å². The van der Waals surface area contributed by atoms with Crippen LogP contribution in [0.2, 0.25) is 0 Å². The van der Waals surface area contributed by atoms with Crippen LogP contribution < -0.4 is 5.32 Å². The summed E-state index contributed by atoms with van der Waals surface area (Å²) in [6, 6.07) is 8.50. The highest BCUT2D eigenvalue weighted by Crippen LogP contribution is 2.21. The molecule has 0 unspecified atom stereocenters. The molecule has 0 bridgehead atoms. The lowest BCUT2D eigenvalue weighted by atomic mass is 10.1. The van der Waals surface area contributed by atoms with Crippen LogP contribution in [-0.4, -0.2) is 27.1 Å². The van der Waals surface area contributed by atoms with E-state index in [1.54, 1.807) is 12.1 Å². The number of amides is 1. The summed E-state index contributed by atoms with van der Waals surface area (Å²) in [5.74, 6) is -1.95. The molecule has 6 nitrogen and oxygen atoms in total. The number of carbonyl (C=O) groups is 2. The molecule has 6 heteroatoms. The highest BCUT2D eigenvalue weighted by molar-refractivity contribution is 6.06. The third-order valence-corrected chi connectivity index (χ3v) is 2.38. The number of aromatic hydroxyl groups is 1. The van der Waals surface area contributed by atoms with Crippen molar-refractivity contribution in [1.29, 1.82) is 0 Å². The van der Waals surface area contributed by atoms with Crippen molar-refractivity contribution in [2.24, 2.45) is 0 Å². The topological polar surface area (TPSA) is 99.5 Å². The Morgan fingerprint density at radius 2 is 1.95 bits per heavy atom. The van der Waals surface area contributed by atoms with Crippen LogP contribution in [-0.2, 0) is 0 Å². The number of pyridine rings is 1. The third-order valence-electron chi connectivity index (χ3n) is 2.38. The maximum absolute atomic E-state index is 11.8. The summed E-state index contributed by atoms with van der Waals surface area (Å²) in [4.78, 5) is 26.7. The first kappa shape index (κ1) is 12.6. The van der Waals surface area contributed by atoms with Crippen molar-refractivity contribution in [3.05, 3.63) is 53.9 Å². The van der Waals surface area contributed by atoms with E-state index < -0.39 is 11.9 Å². The minimum absolute atomic E-state index is 0.0981. The quantitative estimate of drug-likeness (QED) is 0.728. The van der Waals surface area contributed by atoms with Gasteiger partial charge >= 0.3 is 5.97 Å². The summed E-state index contributed by atoms with van der Waals surface area (Å²) in [7, 11) is 0. The van der Waals surface area contributed by atoms with Crippen LogP contribution in [0.15, 0.2) is 42.6 Å². The summed E-state index contributed by atoms with van der Waals surface area (Å²) < 4.78 is 0. The van der Waals surface area contributed by atoms with Gasteiger partial charge in [0.05, 0.1) is 11.3 Å². The fourth-order valence-corrected chi connectivity index (χ4v) is 1.50. The fraction of sp³-hybridized carbons (Fsp3) is 0. The zero-order chi connectivity index (χ0) is 13.8. The summed E-state index contributed by atoms with van der Waals surface area (Å²) in [6.07, 6.45) is 1.46. The van der Waals surface area contributed by atoms with E-state index in [2.05, 4.69) is 10.3 Å². The zero-order valence-electron chi connectivity index (χ0n) is 9.70. The second-order valence-electron chi connectivity index (χ2n) is 3.70. The number of nitrogens with zero attached hydrogens (tertiary/aromatic N) is 1. The van der Waals surface area contributed by atoms with Crippen LogP contribution in [0.4, 0.5) is 5.69 Å². The predicted molar refractivity (Wildman–Crippen MR) is 67.3 cm³/mol. The SMILES string of the molecule is O=C(Nc1ccc(O)cc1C(=O)O)c1ccccn1. The Bertz CT molecular complexity index is 626. The van der Waals surface area contributed by atoms with Gasteiger partial charge in [-0.1, -0.05) is 6.07 Å². The number of aromatic carboxylic acids is 1. The molecule has 0 aliphatic carbocycles. The summed E-state index contributed by atoms with van der Waals surface area (Å²) in [6.45, 7) is 0. The van der Waals surface area contributed by atoms with Gasteiger partial charge in [0.1, 0.15) is 11.4 Å². The van der Waals surface area contributed by atoms with Crippen molar-refractivity contribution < 1.29 is 19.8 Å². The molecule has 1 aromatic carbocycles. The third kappa shape index (κ3) is 2.86. The lowest BCUT2D eigenvalue weighted by molar-refractivity contribution is 0.0697. The van der Waals surface area contributed by atoms with E-state index in [9.17, 15) is 14.7 Å². The molecule has 2 aromatic rings. The second kappa shape index (κ2) is 5.18. The monoisotopic (exact) mass is 258 g/mol. The van der Waals surface area contributed by atoms with Crippen LogP contribution in [0.1, 0.15) is 20.8 Å². The molecule has 0 aliphatic rings. The molecule has 1 aromatic heterocycles. The van der Waals surface area contributed by atoms with Crippen molar-refractivity contribution in [3.63, 3.8) is 0 Å². The molecule has 1 amide bonds. The van der Waals surface area contributed by atoms with Crippen molar-refractivity contribution >= 4 is 17.6 Å². The Morgan fingerprint density at radius 3 is 2.58 bits per heavy atom. The molecule has 19 heavy (non-hydrogen) atoms. The molecule has 0 saturated heterocycles. The molecule has 0 saturated carbocycles. The van der Waals surface area contributed by atoms with E-state index in [4.69, 9.17) is 5.11 Å². The number of benzene rings is 1. The molecular weight excluding hydrogens is 248 g/mol. The molecule has 2 rings (SSSR count). The van der Waals surface area contributed by atoms with Gasteiger partial charge < -0.3 is 15.5 Å². The number of anilines is 1. The van der Waals surface area contributed by atoms with E-state index in [0.717, 1.165) is 6.07 Å². The summed E-state index contributed by atoms with van der Waals surface area (Å²) in [5, 5.41) is 20.7. The number of phenolic OH excluding ortho intramolecular Hbond substituents is 1. The van der Waals surface area contributed by atoms with Crippen LogP contribution in [0.5, 0.6) is 5.75 Å². The molecule has 0 spiro atoms. The minimum Gasteiger partial charge on any atom is -0.508 e. The van der Waals surface area contributed by atoms with Crippen molar-refractivity contribution in [2.45, 2.75) is 0 Å². The molecule has 0 aliphatic heterocycles. The first-order valence-corrected chi connectivity index (χ1v) is 5.36. The fourth-order valence-electron chi connectivity index (χ4n) is 1.50. The number of nitrogens with one attached hydrogen (secondary N) is 1. The van der Waals surface area contributed by atoms with Gasteiger partial charge in [0.2, 0.25) is 0 Å². The van der Waals surface area contributed by atoms with Gasteiger partial charge in [-0.3, -0.25) is 9.78 Å².